The van der Waals surface area contributed by atoms with Gasteiger partial charge in [-0.05, 0) is 87.1 Å². The Balaban J connectivity index is 1.04. The van der Waals surface area contributed by atoms with Crippen LogP contribution in [0.1, 0.15) is 0 Å². The molecule has 3 heteroatoms. The number of anilines is 3. The van der Waals surface area contributed by atoms with Crippen LogP contribution in [0, 0.1) is 0 Å². The van der Waals surface area contributed by atoms with Gasteiger partial charge in [0.05, 0.1) is 5.69 Å². The third-order valence-electron chi connectivity index (χ3n) is 10.9. The zero-order chi connectivity index (χ0) is 36.3. The molecule has 0 aliphatic heterocycles. The molecular formula is C52H33NO2. The summed E-state index contributed by atoms with van der Waals surface area (Å²) < 4.78 is 12.8. The molecule has 0 radical (unpaired) electrons. The number of hydrogen-bond acceptors (Lipinski definition) is 3. The van der Waals surface area contributed by atoms with Crippen LogP contribution in [0.5, 0.6) is 0 Å². The van der Waals surface area contributed by atoms with Gasteiger partial charge in [-0.1, -0.05) is 146 Å². The minimum absolute atomic E-state index is 0.854. The van der Waals surface area contributed by atoms with E-state index in [0.29, 0.717) is 0 Å². The maximum atomic E-state index is 6.43. The predicted molar refractivity (Wildman–Crippen MR) is 229 cm³/mol. The molecule has 55 heavy (non-hydrogen) atoms. The second-order valence-corrected chi connectivity index (χ2v) is 14.1. The molecule has 11 aromatic rings. The van der Waals surface area contributed by atoms with Crippen molar-refractivity contribution in [2.24, 2.45) is 0 Å². The van der Waals surface area contributed by atoms with E-state index in [1.807, 2.05) is 24.3 Å². The number of furan rings is 2. The number of para-hydroxylation sites is 3. The zero-order valence-electron chi connectivity index (χ0n) is 29.8. The highest BCUT2D eigenvalue weighted by molar-refractivity contribution is 6.14. The Morgan fingerprint density at radius 2 is 0.836 bits per heavy atom. The Bertz CT molecular complexity index is 3200. The molecule has 2 heterocycles. The molecular weight excluding hydrogens is 671 g/mol. The van der Waals surface area contributed by atoms with E-state index in [1.54, 1.807) is 0 Å². The van der Waals surface area contributed by atoms with E-state index in [1.165, 1.54) is 27.5 Å². The van der Waals surface area contributed by atoms with Gasteiger partial charge in [0.15, 0.2) is 0 Å². The monoisotopic (exact) mass is 703 g/mol. The minimum atomic E-state index is 0.854. The van der Waals surface area contributed by atoms with E-state index >= 15 is 0 Å². The van der Waals surface area contributed by atoms with Gasteiger partial charge in [-0.3, -0.25) is 0 Å². The van der Waals surface area contributed by atoms with Gasteiger partial charge in [0.2, 0.25) is 0 Å². The van der Waals surface area contributed by atoms with E-state index in [9.17, 15) is 0 Å². The number of fused-ring (bicyclic) bond motifs is 7. The Hall–Kier alpha value is -7.36. The number of benzene rings is 9. The highest BCUT2D eigenvalue weighted by Crippen LogP contribution is 2.46. The summed E-state index contributed by atoms with van der Waals surface area (Å²) in [6.07, 6.45) is 0. The van der Waals surface area contributed by atoms with E-state index < -0.39 is 0 Å². The van der Waals surface area contributed by atoms with Gasteiger partial charge in [0.25, 0.3) is 0 Å². The van der Waals surface area contributed by atoms with Crippen LogP contribution in [0.3, 0.4) is 0 Å². The topological polar surface area (TPSA) is 29.5 Å². The van der Waals surface area contributed by atoms with Gasteiger partial charge in [-0.25, -0.2) is 0 Å². The average molecular weight is 704 g/mol. The van der Waals surface area contributed by atoms with Crippen LogP contribution >= 0.6 is 0 Å². The summed E-state index contributed by atoms with van der Waals surface area (Å²) in [7, 11) is 0. The molecule has 258 valence electrons. The molecule has 0 bridgehead atoms. The van der Waals surface area contributed by atoms with Crippen molar-refractivity contribution in [2.45, 2.75) is 0 Å². The van der Waals surface area contributed by atoms with Crippen molar-refractivity contribution in [3.8, 4) is 33.4 Å². The van der Waals surface area contributed by atoms with E-state index in [2.05, 4.69) is 181 Å². The molecule has 0 saturated heterocycles. The quantitative estimate of drug-likeness (QED) is 0.173. The number of rotatable bonds is 6. The van der Waals surface area contributed by atoms with Gasteiger partial charge in [-0.2, -0.15) is 0 Å². The van der Waals surface area contributed by atoms with Crippen LogP contribution in [0.15, 0.2) is 209 Å². The van der Waals surface area contributed by atoms with Gasteiger partial charge in [-0.15, -0.1) is 0 Å². The van der Waals surface area contributed by atoms with Gasteiger partial charge in [0.1, 0.15) is 22.3 Å². The lowest BCUT2D eigenvalue weighted by atomic mass is 9.96. The maximum Gasteiger partial charge on any atom is 0.137 e. The second kappa shape index (κ2) is 12.6. The van der Waals surface area contributed by atoms with Crippen molar-refractivity contribution in [2.75, 3.05) is 4.90 Å². The summed E-state index contributed by atoms with van der Waals surface area (Å²) in [5, 5.41) is 6.95. The molecule has 11 rings (SSSR count). The molecule has 0 aliphatic rings. The molecule has 0 saturated carbocycles. The molecule has 2 aromatic heterocycles. The highest BCUT2D eigenvalue weighted by Gasteiger charge is 2.21. The third kappa shape index (κ3) is 5.20. The van der Waals surface area contributed by atoms with Crippen molar-refractivity contribution in [1.29, 1.82) is 0 Å². The van der Waals surface area contributed by atoms with Crippen LogP contribution in [-0.4, -0.2) is 0 Å². The molecule has 0 N–H and O–H groups in total. The van der Waals surface area contributed by atoms with E-state index in [0.717, 1.165) is 77.6 Å². The van der Waals surface area contributed by atoms with Gasteiger partial charge < -0.3 is 13.7 Å². The Kier molecular flexibility index (Phi) is 7.17. The fraction of sp³-hybridized carbons (Fsp3) is 0. The van der Waals surface area contributed by atoms with Crippen molar-refractivity contribution in [3.63, 3.8) is 0 Å². The molecule has 0 aliphatic carbocycles. The number of hydrogen-bond donors (Lipinski definition) is 0. The molecule has 9 aromatic carbocycles. The predicted octanol–water partition coefficient (Wildman–Crippen LogP) is 15.1. The first-order valence-corrected chi connectivity index (χ1v) is 18.7. The lowest BCUT2D eigenvalue weighted by Crippen LogP contribution is -2.11. The lowest BCUT2D eigenvalue weighted by Gasteiger charge is -2.28. The lowest BCUT2D eigenvalue weighted by molar-refractivity contribution is 0.668. The Morgan fingerprint density at radius 1 is 0.309 bits per heavy atom. The molecule has 0 spiro atoms. The summed E-state index contributed by atoms with van der Waals surface area (Å²) in [6.45, 7) is 0. The highest BCUT2D eigenvalue weighted by atomic mass is 16.3. The Morgan fingerprint density at radius 3 is 1.67 bits per heavy atom. The first-order valence-electron chi connectivity index (χ1n) is 18.7. The summed E-state index contributed by atoms with van der Waals surface area (Å²) in [6, 6.07) is 71.0. The average Bonchev–Trinajstić information content (AvgIpc) is 3.82. The molecule has 0 fully saturated rings. The molecule has 3 nitrogen and oxygen atoms in total. The minimum Gasteiger partial charge on any atom is -0.456 e. The van der Waals surface area contributed by atoms with Crippen molar-refractivity contribution in [3.05, 3.63) is 200 Å². The fourth-order valence-corrected chi connectivity index (χ4v) is 8.30. The third-order valence-corrected chi connectivity index (χ3v) is 10.9. The van der Waals surface area contributed by atoms with Crippen molar-refractivity contribution >= 4 is 71.7 Å². The first kappa shape index (κ1) is 31.2. The standard InChI is InChI=1S/C52H33NO2/c1-2-13-40-36(11-1)12-9-17-41(40)37-25-23-34(24-26-37)35-27-29-38(30-28-35)53(39-31-32-44-43-15-4-7-20-48(43)55-51(44)33-39)47-19-6-3-14-42(47)45-18-10-22-50-52(45)46-16-5-8-21-49(46)54-50/h1-33H. The first-order chi connectivity index (χ1) is 27.3. The molecule has 0 amide bonds. The van der Waals surface area contributed by atoms with Crippen molar-refractivity contribution in [1.82, 2.24) is 0 Å². The summed E-state index contributed by atoms with van der Waals surface area (Å²) in [5.74, 6) is 0. The number of nitrogens with zero attached hydrogens (tertiary/aromatic N) is 1. The largest absolute Gasteiger partial charge is 0.456 e. The van der Waals surface area contributed by atoms with Crippen LogP contribution in [0.25, 0.3) is 88.0 Å². The van der Waals surface area contributed by atoms with Crippen LogP contribution in [0.2, 0.25) is 0 Å². The Labute approximate surface area is 317 Å². The van der Waals surface area contributed by atoms with Crippen LogP contribution in [-0.2, 0) is 0 Å². The van der Waals surface area contributed by atoms with Crippen molar-refractivity contribution < 1.29 is 8.83 Å². The SMILES string of the molecule is c1ccc(N(c2ccc(-c3ccc(-c4cccc5ccccc45)cc3)cc2)c2ccc3c(c2)oc2ccccc23)c(-c2cccc3oc4ccccc4c23)c1. The van der Waals surface area contributed by atoms with E-state index in [-0.39, 0.29) is 0 Å². The van der Waals surface area contributed by atoms with E-state index in [4.69, 9.17) is 8.83 Å². The summed E-state index contributed by atoms with van der Waals surface area (Å²) in [5.41, 5.74) is 13.6. The fourth-order valence-electron chi connectivity index (χ4n) is 8.30. The van der Waals surface area contributed by atoms with Gasteiger partial charge >= 0.3 is 0 Å². The van der Waals surface area contributed by atoms with Gasteiger partial charge in [0, 0.05) is 44.5 Å². The zero-order valence-corrected chi connectivity index (χ0v) is 29.8. The molecule has 0 unspecified atom stereocenters. The summed E-state index contributed by atoms with van der Waals surface area (Å²) >= 11 is 0. The second-order valence-electron chi connectivity index (χ2n) is 14.1. The summed E-state index contributed by atoms with van der Waals surface area (Å²) in [4.78, 5) is 2.34. The van der Waals surface area contributed by atoms with Crippen LogP contribution < -0.4 is 4.90 Å². The van der Waals surface area contributed by atoms with Crippen LogP contribution in [0.4, 0.5) is 17.1 Å². The molecule has 0 atom stereocenters. The smallest absolute Gasteiger partial charge is 0.137 e. The normalized spacial score (nSPS) is 11.6. The maximum absolute atomic E-state index is 6.43.